The zero-order valence-electron chi connectivity index (χ0n) is 15.4. The number of piperazine rings is 1. The summed E-state index contributed by atoms with van der Waals surface area (Å²) >= 11 is 11.4. The van der Waals surface area contributed by atoms with Crippen molar-refractivity contribution < 1.29 is 14.6 Å². The molecule has 0 bridgehead atoms. The average molecular weight is 444 g/mol. The van der Waals surface area contributed by atoms with Crippen LogP contribution >= 0.6 is 23.2 Å². The summed E-state index contributed by atoms with van der Waals surface area (Å²) in [6.45, 7) is 4.62. The molecule has 2 aromatic heterocycles. The van der Waals surface area contributed by atoms with Crippen molar-refractivity contribution in [1.82, 2.24) is 35.3 Å². The lowest BCUT2D eigenvalue weighted by atomic mass is 10.3. The molecule has 14 heteroatoms. The van der Waals surface area contributed by atoms with E-state index in [1.165, 1.54) is 17.3 Å². The summed E-state index contributed by atoms with van der Waals surface area (Å²) in [5, 5.41) is 19.7. The molecule has 0 aliphatic carbocycles. The summed E-state index contributed by atoms with van der Waals surface area (Å²) in [5.74, 6) is 1.03. The van der Waals surface area contributed by atoms with Gasteiger partial charge in [0.2, 0.25) is 17.2 Å². The second kappa shape index (κ2) is 10.3. The van der Waals surface area contributed by atoms with E-state index in [9.17, 15) is 4.79 Å². The third-order valence-electron chi connectivity index (χ3n) is 4.18. The van der Waals surface area contributed by atoms with Gasteiger partial charge in [0, 0.05) is 39.3 Å². The first-order chi connectivity index (χ1) is 14.0. The van der Waals surface area contributed by atoms with E-state index >= 15 is 0 Å². The maximum absolute atomic E-state index is 10.9. The summed E-state index contributed by atoms with van der Waals surface area (Å²) < 4.78 is 5.31. The van der Waals surface area contributed by atoms with E-state index in [2.05, 4.69) is 30.4 Å². The van der Waals surface area contributed by atoms with Crippen molar-refractivity contribution >= 4 is 41.2 Å². The molecular formula is C15H19Cl2N9O3. The smallest absolute Gasteiger partial charge is 0.407 e. The number of halogens is 2. The molecule has 1 N–H and O–H groups in total. The van der Waals surface area contributed by atoms with Crippen LogP contribution in [0.3, 0.4) is 0 Å². The van der Waals surface area contributed by atoms with Gasteiger partial charge >= 0.3 is 6.09 Å². The Morgan fingerprint density at radius 2 is 1.45 bits per heavy atom. The van der Waals surface area contributed by atoms with Gasteiger partial charge in [-0.25, -0.2) is 4.79 Å². The number of carbonyl (C=O) groups is 1. The van der Waals surface area contributed by atoms with Crippen LogP contribution in [0, 0.1) is 0 Å². The number of carboxylic acid groups (broad SMARTS) is 1. The van der Waals surface area contributed by atoms with Gasteiger partial charge in [-0.3, -0.25) is 0 Å². The SMILES string of the molecule is Clc1cnnnc1.O=C(O)N1CCN(c2nc(Cl)nc(N3CCOCC3)n2)CC1. The summed E-state index contributed by atoms with van der Waals surface area (Å²) in [7, 11) is 0. The maximum Gasteiger partial charge on any atom is 0.407 e. The van der Waals surface area contributed by atoms with Crippen LogP contribution in [0.4, 0.5) is 16.7 Å². The lowest BCUT2D eigenvalue weighted by molar-refractivity contribution is 0.122. The van der Waals surface area contributed by atoms with Gasteiger partial charge in [-0.05, 0) is 16.8 Å². The lowest BCUT2D eigenvalue weighted by Crippen LogP contribution is -2.49. The molecule has 156 valence electrons. The number of aromatic nitrogens is 6. The largest absolute Gasteiger partial charge is 0.465 e. The van der Waals surface area contributed by atoms with E-state index in [-0.39, 0.29) is 5.28 Å². The molecule has 4 rings (SSSR count). The summed E-state index contributed by atoms with van der Waals surface area (Å²) in [4.78, 5) is 29.1. The number of hydrogen-bond acceptors (Lipinski definition) is 10. The number of morpholine rings is 1. The Bertz CT molecular complexity index is 803. The third kappa shape index (κ3) is 6.21. The molecule has 1 amide bonds. The Morgan fingerprint density at radius 1 is 0.897 bits per heavy atom. The van der Waals surface area contributed by atoms with Gasteiger partial charge < -0.3 is 24.5 Å². The topological polar surface area (TPSA) is 134 Å². The highest BCUT2D eigenvalue weighted by molar-refractivity contribution is 6.30. The number of amides is 1. The molecule has 2 fully saturated rings. The second-order valence-corrected chi connectivity index (χ2v) is 6.80. The summed E-state index contributed by atoms with van der Waals surface area (Å²) in [6.07, 6.45) is 1.95. The molecule has 2 aliphatic heterocycles. The number of rotatable bonds is 2. The minimum atomic E-state index is -0.901. The minimum absolute atomic E-state index is 0.146. The van der Waals surface area contributed by atoms with Crippen molar-refractivity contribution in [3.8, 4) is 0 Å². The number of nitrogens with zero attached hydrogens (tertiary/aromatic N) is 9. The lowest BCUT2D eigenvalue weighted by Gasteiger charge is -2.33. The van der Waals surface area contributed by atoms with E-state index in [0.29, 0.717) is 69.4 Å². The number of hydrogen-bond donors (Lipinski definition) is 1. The van der Waals surface area contributed by atoms with Crippen molar-refractivity contribution in [2.75, 3.05) is 62.3 Å². The highest BCUT2D eigenvalue weighted by Gasteiger charge is 2.24. The van der Waals surface area contributed by atoms with Crippen LogP contribution in [-0.4, -0.2) is 98.9 Å². The van der Waals surface area contributed by atoms with Crippen LogP contribution in [0.1, 0.15) is 0 Å². The van der Waals surface area contributed by atoms with E-state index in [0.717, 1.165) is 0 Å². The third-order valence-corrected chi connectivity index (χ3v) is 4.54. The van der Waals surface area contributed by atoms with Gasteiger partial charge in [0.1, 0.15) is 0 Å². The first kappa shape index (κ1) is 21.1. The van der Waals surface area contributed by atoms with Crippen molar-refractivity contribution in [3.05, 3.63) is 22.7 Å². The first-order valence-corrected chi connectivity index (χ1v) is 9.54. The molecular weight excluding hydrogens is 425 g/mol. The normalized spacial score (nSPS) is 16.8. The van der Waals surface area contributed by atoms with E-state index in [4.69, 9.17) is 33.0 Å². The molecule has 29 heavy (non-hydrogen) atoms. The van der Waals surface area contributed by atoms with E-state index in [1.807, 2.05) is 9.80 Å². The summed E-state index contributed by atoms with van der Waals surface area (Å²) in [5.41, 5.74) is 0. The number of anilines is 2. The minimum Gasteiger partial charge on any atom is -0.465 e. The number of ether oxygens (including phenoxy) is 1. The quantitative estimate of drug-likeness (QED) is 0.701. The molecule has 2 aromatic rings. The highest BCUT2D eigenvalue weighted by Crippen LogP contribution is 2.19. The summed E-state index contributed by atoms with van der Waals surface area (Å²) in [6, 6.07) is 0. The van der Waals surface area contributed by atoms with Crippen molar-refractivity contribution in [2.24, 2.45) is 0 Å². The van der Waals surface area contributed by atoms with Gasteiger partial charge in [-0.1, -0.05) is 11.6 Å². The predicted octanol–water partition coefficient (Wildman–Crippen LogP) is 0.687. The molecule has 0 radical (unpaired) electrons. The Hall–Kier alpha value is -2.57. The Morgan fingerprint density at radius 3 is 1.93 bits per heavy atom. The molecule has 0 unspecified atom stereocenters. The van der Waals surface area contributed by atoms with Crippen LogP contribution in [0.2, 0.25) is 10.3 Å². The monoisotopic (exact) mass is 443 g/mol. The van der Waals surface area contributed by atoms with Gasteiger partial charge in [0.25, 0.3) is 0 Å². The Labute approximate surface area is 176 Å². The van der Waals surface area contributed by atoms with Crippen molar-refractivity contribution in [2.45, 2.75) is 0 Å². The average Bonchev–Trinajstić information content (AvgIpc) is 2.75. The fourth-order valence-corrected chi connectivity index (χ4v) is 2.94. The van der Waals surface area contributed by atoms with Gasteiger partial charge in [-0.2, -0.15) is 15.0 Å². The zero-order valence-corrected chi connectivity index (χ0v) is 16.9. The molecule has 0 atom stereocenters. The van der Waals surface area contributed by atoms with Crippen molar-refractivity contribution in [1.29, 1.82) is 0 Å². The van der Waals surface area contributed by atoms with Crippen LogP contribution in [-0.2, 0) is 4.74 Å². The van der Waals surface area contributed by atoms with Crippen LogP contribution < -0.4 is 9.80 Å². The fraction of sp³-hybridized carbons (Fsp3) is 0.533. The fourth-order valence-electron chi connectivity index (χ4n) is 2.70. The predicted molar refractivity (Wildman–Crippen MR) is 105 cm³/mol. The van der Waals surface area contributed by atoms with Gasteiger partial charge in [-0.15, -0.1) is 10.2 Å². The van der Waals surface area contributed by atoms with Crippen LogP contribution in [0.5, 0.6) is 0 Å². The molecule has 0 spiro atoms. The standard InChI is InChI=1S/C12H17ClN6O3.C3H2ClN3/c13-9-14-10(17-1-3-19(4-2-17)12(20)21)16-11(15-9)18-5-7-22-8-6-18;4-3-1-5-7-6-2-3/h1-8H2,(H,20,21);1-2H. The van der Waals surface area contributed by atoms with E-state index in [1.54, 1.807) is 0 Å². The molecule has 2 saturated heterocycles. The van der Waals surface area contributed by atoms with Crippen LogP contribution in [0.15, 0.2) is 12.4 Å². The maximum atomic E-state index is 10.9. The molecule has 12 nitrogen and oxygen atoms in total. The zero-order chi connectivity index (χ0) is 20.6. The molecule has 4 heterocycles. The molecule has 0 saturated carbocycles. The molecule has 0 aromatic carbocycles. The van der Waals surface area contributed by atoms with E-state index < -0.39 is 6.09 Å². The Balaban J connectivity index is 0.000000290. The van der Waals surface area contributed by atoms with Gasteiger partial charge in [0.05, 0.1) is 30.6 Å². The first-order valence-electron chi connectivity index (χ1n) is 8.79. The van der Waals surface area contributed by atoms with Crippen LogP contribution in [0.25, 0.3) is 0 Å². The van der Waals surface area contributed by atoms with Gasteiger partial charge in [0.15, 0.2) is 0 Å². The molecule has 2 aliphatic rings. The van der Waals surface area contributed by atoms with Crippen molar-refractivity contribution in [3.63, 3.8) is 0 Å². The highest BCUT2D eigenvalue weighted by atomic mass is 35.5. The Kier molecular flexibility index (Phi) is 7.49. The second-order valence-electron chi connectivity index (χ2n) is 6.02.